The predicted molar refractivity (Wildman–Crippen MR) is 237 cm³/mol. The number of aliphatic hydroxyl groups is 10. The van der Waals surface area contributed by atoms with Crippen LogP contribution in [0.2, 0.25) is 0 Å². The third kappa shape index (κ3) is 18.8. The van der Waals surface area contributed by atoms with Crippen molar-refractivity contribution in [1.82, 2.24) is 0 Å². The van der Waals surface area contributed by atoms with E-state index >= 15 is 0 Å². The Kier molecular flexibility index (Phi) is 23.8. The standard InChI is InChI=1S/C47H75NO17/c1-27-17-15-13-11-9-7-5-6-8-10-12-14-16-18-34(64-46-44(58)41(48)43(57)30(4)63-46)24-38-40(45(59)60)37(54)26-47(61,65-38)25-36(53)35(52)20-19-31(49)21-32(50)22-33(51)23-39(55)62-29(3)28(2)42(27)56/h5-6,8,10-18,27-38,40-44,46,49-54,56-58,61H,7,9,19-26,48H2,1-4H3,(H,59,60)/t27-,28-,29-,30+,31+,32+,33+,34-,35+,36+,37-,38-,40+,41-,42+,43+,44-,46?,47+/m0/s1. The molecule has 0 spiro atoms. The smallest absolute Gasteiger partial charge is 0.311 e. The van der Waals surface area contributed by atoms with Crippen molar-refractivity contribution in [2.75, 3.05) is 0 Å². The van der Waals surface area contributed by atoms with Gasteiger partial charge in [-0.05, 0) is 52.4 Å². The lowest BCUT2D eigenvalue weighted by atomic mass is 9.82. The number of aliphatic hydroxyl groups excluding tert-OH is 9. The maximum atomic E-state index is 12.6. The van der Waals surface area contributed by atoms with Gasteiger partial charge in [-0.2, -0.15) is 0 Å². The highest BCUT2D eigenvalue weighted by Crippen LogP contribution is 2.38. The van der Waals surface area contributed by atoms with E-state index in [2.05, 4.69) is 0 Å². The van der Waals surface area contributed by atoms with Gasteiger partial charge in [0, 0.05) is 31.1 Å². The Labute approximate surface area is 381 Å². The topological polar surface area (TPSA) is 320 Å². The van der Waals surface area contributed by atoms with Crippen LogP contribution >= 0.6 is 0 Å². The lowest BCUT2D eigenvalue weighted by Gasteiger charge is -2.45. The van der Waals surface area contributed by atoms with Crippen molar-refractivity contribution in [3.05, 3.63) is 72.9 Å². The summed E-state index contributed by atoms with van der Waals surface area (Å²) in [4.78, 5) is 25.1. The number of carbonyl (C=O) groups excluding carboxylic acids is 1. The Bertz CT molecular complexity index is 1620. The van der Waals surface area contributed by atoms with Crippen LogP contribution in [-0.4, -0.2) is 166 Å². The molecule has 0 aromatic carbocycles. The lowest BCUT2D eigenvalue weighted by Crippen LogP contribution is -2.61. The summed E-state index contributed by atoms with van der Waals surface area (Å²) in [7, 11) is 0. The summed E-state index contributed by atoms with van der Waals surface area (Å²) >= 11 is 0. The Balaban J connectivity index is 1.84. The molecule has 3 aliphatic rings. The Morgan fingerprint density at radius 1 is 0.692 bits per heavy atom. The molecular formula is C47H75NO17. The van der Waals surface area contributed by atoms with E-state index in [-0.39, 0.29) is 38.0 Å². The molecule has 3 heterocycles. The van der Waals surface area contributed by atoms with Gasteiger partial charge in [-0.15, -0.1) is 0 Å². The number of allylic oxidation sites excluding steroid dienone is 10. The fraction of sp³-hybridized carbons (Fsp3) is 0.702. The van der Waals surface area contributed by atoms with Crippen LogP contribution in [0.5, 0.6) is 0 Å². The highest BCUT2D eigenvalue weighted by atomic mass is 16.7. The van der Waals surface area contributed by atoms with Crippen LogP contribution in [0.1, 0.15) is 91.9 Å². The molecule has 65 heavy (non-hydrogen) atoms. The van der Waals surface area contributed by atoms with E-state index in [9.17, 15) is 65.8 Å². The van der Waals surface area contributed by atoms with Crippen molar-refractivity contribution in [2.45, 2.75) is 189 Å². The van der Waals surface area contributed by atoms with Gasteiger partial charge in [-0.1, -0.05) is 86.8 Å². The zero-order valence-corrected chi connectivity index (χ0v) is 37.8. The quantitative estimate of drug-likeness (QED) is 0.175. The molecule has 0 amide bonds. The molecule has 18 nitrogen and oxygen atoms in total. The van der Waals surface area contributed by atoms with E-state index in [0.29, 0.717) is 0 Å². The normalized spacial score (nSPS) is 42.3. The number of carbonyl (C=O) groups is 2. The first-order chi connectivity index (χ1) is 30.6. The Hall–Kier alpha value is -3.18. The zero-order valence-electron chi connectivity index (χ0n) is 37.8. The van der Waals surface area contributed by atoms with E-state index in [1.54, 1.807) is 38.2 Å². The maximum Gasteiger partial charge on any atom is 0.311 e. The molecule has 3 aliphatic heterocycles. The van der Waals surface area contributed by atoms with Crippen LogP contribution in [0.25, 0.3) is 0 Å². The number of carboxylic acids is 1. The number of hydrogen-bond donors (Lipinski definition) is 12. The summed E-state index contributed by atoms with van der Waals surface area (Å²) in [6, 6.07) is -1.14. The number of hydrogen-bond acceptors (Lipinski definition) is 17. The van der Waals surface area contributed by atoms with E-state index in [1.165, 1.54) is 13.0 Å². The third-order valence-electron chi connectivity index (χ3n) is 12.2. The van der Waals surface area contributed by atoms with E-state index < -0.39 is 141 Å². The summed E-state index contributed by atoms with van der Waals surface area (Å²) in [6.07, 6.45) is 2.28. The van der Waals surface area contributed by atoms with Crippen LogP contribution < -0.4 is 5.73 Å². The van der Waals surface area contributed by atoms with Crippen molar-refractivity contribution < 1.29 is 84.7 Å². The lowest BCUT2D eigenvalue weighted by molar-refractivity contribution is -0.310. The van der Waals surface area contributed by atoms with Crippen LogP contribution in [0.3, 0.4) is 0 Å². The minimum Gasteiger partial charge on any atom is -0.481 e. The first-order valence-corrected chi connectivity index (χ1v) is 22.6. The second-order valence-electron chi connectivity index (χ2n) is 17.8. The number of aliphatic carboxylic acids is 1. The van der Waals surface area contributed by atoms with E-state index in [0.717, 1.165) is 12.8 Å². The molecule has 370 valence electrons. The van der Waals surface area contributed by atoms with Gasteiger partial charge >= 0.3 is 11.9 Å². The van der Waals surface area contributed by atoms with Gasteiger partial charge in [0.2, 0.25) is 0 Å². The molecular weight excluding hydrogens is 851 g/mol. The molecule has 18 heteroatoms. The largest absolute Gasteiger partial charge is 0.481 e. The fourth-order valence-electron chi connectivity index (χ4n) is 8.11. The average Bonchev–Trinajstić information content (AvgIpc) is 3.21. The summed E-state index contributed by atoms with van der Waals surface area (Å²) in [5.74, 6) is -6.82. The number of nitrogens with two attached hydrogens (primary N) is 1. The number of carboxylic acid groups (broad SMARTS) is 1. The summed E-state index contributed by atoms with van der Waals surface area (Å²) < 4.78 is 23.2. The minimum atomic E-state index is -2.35. The highest BCUT2D eigenvalue weighted by Gasteiger charge is 2.51. The second kappa shape index (κ2) is 27.6. The molecule has 0 aliphatic carbocycles. The average molecular weight is 926 g/mol. The second-order valence-corrected chi connectivity index (χ2v) is 17.8. The molecule has 0 radical (unpaired) electrons. The van der Waals surface area contributed by atoms with Gasteiger partial charge in [-0.25, -0.2) is 0 Å². The third-order valence-corrected chi connectivity index (χ3v) is 12.2. The van der Waals surface area contributed by atoms with Crippen molar-refractivity contribution in [3.63, 3.8) is 0 Å². The Morgan fingerprint density at radius 2 is 1.28 bits per heavy atom. The molecule has 0 aromatic heterocycles. The molecule has 13 N–H and O–H groups in total. The summed E-state index contributed by atoms with van der Waals surface area (Å²) in [6.45, 7) is 6.78. The van der Waals surface area contributed by atoms with Crippen molar-refractivity contribution in [2.24, 2.45) is 23.5 Å². The molecule has 2 saturated heterocycles. The molecule has 19 atom stereocenters. The van der Waals surface area contributed by atoms with Gasteiger partial charge in [0.25, 0.3) is 0 Å². The number of esters is 1. The fourth-order valence-corrected chi connectivity index (χ4v) is 8.11. The molecule has 3 rings (SSSR count). The number of ether oxygens (including phenoxy) is 4. The predicted octanol–water partition coefficient (Wildman–Crippen LogP) is 0.936. The maximum absolute atomic E-state index is 12.6. The molecule has 0 saturated carbocycles. The van der Waals surface area contributed by atoms with E-state index in [1.807, 2.05) is 49.5 Å². The van der Waals surface area contributed by atoms with Crippen LogP contribution in [0.15, 0.2) is 72.9 Å². The van der Waals surface area contributed by atoms with Gasteiger partial charge < -0.3 is 80.9 Å². The first-order valence-electron chi connectivity index (χ1n) is 22.6. The SMILES string of the molecule is C[C@@H]1[C@H](O)[C@@H](C)C=CC=CCCC=CC=CC=CC=C[C@H](OC2O[C@H](C)[C@@H](O)[C@H](N)[C@@H]2O)C[C@@H]2O[C@](O)(C[C@@H](O)[C@H](O)CC[C@@H](O)C[C@@H](O)C[C@@H](O)CC(=O)O[C@H]1C)C[C@H](O)[C@H]2C(=O)O. The number of rotatable bonds is 3. The minimum absolute atomic E-state index is 0.138. The Morgan fingerprint density at radius 3 is 1.94 bits per heavy atom. The van der Waals surface area contributed by atoms with E-state index in [4.69, 9.17) is 24.7 Å². The molecule has 2 bridgehead atoms. The van der Waals surface area contributed by atoms with Crippen LogP contribution in [-0.2, 0) is 28.5 Å². The monoisotopic (exact) mass is 926 g/mol. The molecule has 2 fully saturated rings. The van der Waals surface area contributed by atoms with Crippen molar-refractivity contribution in [1.29, 1.82) is 0 Å². The van der Waals surface area contributed by atoms with Crippen molar-refractivity contribution >= 4 is 11.9 Å². The van der Waals surface area contributed by atoms with Crippen LogP contribution in [0.4, 0.5) is 0 Å². The number of fused-ring (bicyclic) bond motifs is 2. The van der Waals surface area contributed by atoms with Crippen molar-refractivity contribution in [3.8, 4) is 0 Å². The molecule has 0 aromatic rings. The van der Waals surface area contributed by atoms with Crippen LogP contribution in [0, 0.1) is 17.8 Å². The summed E-state index contributed by atoms with van der Waals surface area (Å²) in [5.41, 5.74) is 6.02. The van der Waals surface area contributed by atoms with Gasteiger partial charge in [0.15, 0.2) is 12.1 Å². The van der Waals surface area contributed by atoms with Gasteiger partial charge in [0.05, 0.1) is 79.6 Å². The number of cyclic esters (lactones) is 1. The van der Waals surface area contributed by atoms with Gasteiger partial charge in [0.1, 0.15) is 18.1 Å². The highest BCUT2D eigenvalue weighted by molar-refractivity contribution is 5.71. The zero-order chi connectivity index (χ0) is 48.4. The summed E-state index contributed by atoms with van der Waals surface area (Å²) in [5, 5.41) is 118. The first kappa shape index (κ1) is 56.1. The van der Waals surface area contributed by atoms with Gasteiger partial charge in [-0.3, -0.25) is 9.59 Å². The molecule has 1 unspecified atom stereocenters.